The Bertz CT molecular complexity index is 431. The zero-order chi connectivity index (χ0) is 13.7. The summed E-state index contributed by atoms with van der Waals surface area (Å²) < 4.78 is 0. The first kappa shape index (κ1) is 14.4. The van der Waals surface area contributed by atoms with Gasteiger partial charge in [-0.05, 0) is 17.7 Å². The van der Waals surface area contributed by atoms with Crippen molar-refractivity contribution in [2.24, 2.45) is 0 Å². The van der Waals surface area contributed by atoms with E-state index in [1.807, 2.05) is 0 Å². The van der Waals surface area contributed by atoms with Crippen LogP contribution in [0.1, 0.15) is 17.9 Å². The fourth-order valence-corrected chi connectivity index (χ4v) is 1.72. The molecule has 6 heteroatoms. The lowest BCUT2D eigenvalue weighted by Crippen LogP contribution is -2.26. The normalized spacial score (nSPS) is 11.9. The fourth-order valence-electron chi connectivity index (χ4n) is 1.60. The molecule has 5 nitrogen and oxygen atoms in total. The van der Waals surface area contributed by atoms with E-state index in [0.717, 1.165) is 5.56 Å². The van der Waals surface area contributed by atoms with E-state index in [4.69, 9.17) is 11.6 Å². The first-order chi connectivity index (χ1) is 8.40. The molecule has 0 fully saturated rings. The molecule has 0 aliphatic carbocycles. The standard InChI is InChI=1S/C12H15ClN2O3/c1-14(2)12(16)7-10(8-15(17)18)9-3-5-11(13)6-4-9/h3-6,10H,7-8H2,1-2H3. The molecule has 1 aromatic rings. The Labute approximate surface area is 110 Å². The summed E-state index contributed by atoms with van der Waals surface area (Å²) >= 11 is 5.77. The molecule has 1 aromatic carbocycles. The van der Waals surface area contributed by atoms with Crippen LogP contribution in [0.4, 0.5) is 0 Å². The van der Waals surface area contributed by atoms with Gasteiger partial charge in [0.15, 0.2) is 0 Å². The van der Waals surface area contributed by atoms with Crippen molar-refractivity contribution in [2.45, 2.75) is 12.3 Å². The highest BCUT2D eigenvalue weighted by atomic mass is 35.5. The fraction of sp³-hybridized carbons (Fsp3) is 0.417. The van der Waals surface area contributed by atoms with E-state index in [2.05, 4.69) is 0 Å². The highest BCUT2D eigenvalue weighted by molar-refractivity contribution is 6.30. The van der Waals surface area contributed by atoms with E-state index in [1.165, 1.54) is 4.90 Å². The van der Waals surface area contributed by atoms with Crippen LogP contribution in [0.5, 0.6) is 0 Å². The Morgan fingerprint density at radius 2 is 1.94 bits per heavy atom. The van der Waals surface area contributed by atoms with Gasteiger partial charge < -0.3 is 4.90 Å². The quantitative estimate of drug-likeness (QED) is 0.608. The Morgan fingerprint density at radius 3 is 2.39 bits per heavy atom. The van der Waals surface area contributed by atoms with E-state index in [-0.39, 0.29) is 18.9 Å². The molecule has 0 heterocycles. The van der Waals surface area contributed by atoms with Crippen molar-refractivity contribution in [3.63, 3.8) is 0 Å². The van der Waals surface area contributed by atoms with Gasteiger partial charge in [0.05, 0.1) is 5.92 Å². The molecule has 0 aliphatic heterocycles. The van der Waals surface area contributed by atoms with Crippen LogP contribution in [-0.2, 0) is 4.79 Å². The molecule has 98 valence electrons. The Balaban J connectivity index is 2.87. The van der Waals surface area contributed by atoms with Gasteiger partial charge in [-0.3, -0.25) is 14.9 Å². The number of nitro groups is 1. The molecule has 0 saturated carbocycles. The van der Waals surface area contributed by atoms with E-state index in [1.54, 1.807) is 38.4 Å². The van der Waals surface area contributed by atoms with Crippen molar-refractivity contribution in [3.05, 3.63) is 45.0 Å². The maximum absolute atomic E-state index is 11.7. The number of halogens is 1. The molecule has 0 aromatic heterocycles. The van der Waals surface area contributed by atoms with Crippen LogP contribution >= 0.6 is 11.6 Å². The maximum Gasteiger partial charge on any atom is 0.222 e. The smallest absolute Gasteiger partial charge is 0.222 e. The van der Waals surface area contributed by atoms with Crippen LogP contribution in [0.15, 0.2) is 24.3 Å². The summed E-state index contributed by atoms with van der Waals surface area (Å²) in [7, 11) is 3.26. The number of rotatable bonds is 5. The molecule has 0 spiro atoms. The Kier molecular flexibility index (Phi) is 5.09. The molecule has 1 unspecified atom stereocenters. The lowest BCUT2D eigenvalue weighted by molar-refractivity contribution is -0.483. The third kappa shape index (κ3) is 4.33. The Hall–Kier alpha value is -1.62. The van der Waals surface area contributed by atoms with Gasteiger partial charge in [0.25, 0.3) is 0 Å². The maximum atomic E-state index is 11.7. The number of hydrogen-bond donors (Lipinski definition) is 0. The molecule has 1 amide bonds. The van der Waals surface area contributed by atoms with Gasteiger partial charge in [0, 0.05) is 30.5 Å². The van der Waals surface area contributed by atoms with Crippen LogP contribution in [0.25, 0.3) is 0 Å². The number of amides is 1. The predicted molar refractivity (Wildman–Crippen MR) is 69.4 cm³/mol. The lowest BCUT2D eigenvalue weighted by atomic mass is 9.95. The molecule has 0 saturated heterocycles. The number of carbonyl (C=O) groups is 1. The van der Waals surface area contributed by atoms with Crippen molar-refractivity contribution < 1.29 is 9.72 Å². The van der Waals surface area contributed by atoms with Crippen LogP contribution in [-0.4, -0.2) is 36.4 Å². The average molecular weight is 271 g/mol. The summed E-state index contributed by atoms with van der Waals surface area (Å²) in [6.45, 7) is -0.263. The van der Waals surface area contributed by atoms with Crippen molar-refractivity contribution >= 4 is 17.5 Å². The second-order valence-corrected chi connectivity index (χ2v) is 4.69. The van der Waals surface area contributed by atoms with Crippen LogP contribution < -0.4 is 0 Å². The monoisotopic (exact) mass is 270 g/mol. The van der Waals surface area contributed by atoms with Crippen LogP contribution in [0.2, 0.25) is 5.02 Å². The molecule has 1 rings (SSSR count). The molecule has 0 radical (unpaired) electrons. The minimum Gasteiger partial charge on any atom is -0.349 e. The topological polar surface area (TPSA) is 63.5 Å². The van der Waals surface area contributed by atoms with Gasteiger partial charge in [0.2, 0.25) is 12.5 Å². The second kappa shape index (κ2) is 6.35. The summed E-state index contributed by atoms with van der Waals surface area (Å²) in [5.41, 5.74) is 0.756. The second-order valence-electron chi connectivity index (χ2n) is 4.26. The molecule has 0 N–H and O–H groups in total. The Morgan fingerprint density at radius 1 is 1.39 bits per heavy atom. The number of benzene rings is 1. The summed E-state index contributed by atoms with van der Waals surface area (Å²) in [6, 6.07) is 6.78. The zero-order valence-electron chi connectivity index (χ0n) is 10.3. The summed E-state index contributed by atoms with van der Waals surface area (Å²) in [6.07, 6.45) is 0.121. The summed E-state index contributed by atoms with van der Waals surface area (Å²) in [4.78, 5) is 23.3. The molecular weight excluding hydrogens is 256 g/mol. The van der Waals surface area contributed by atoms with E-state index in [0.29, 0.717) is 5.02 Å². The third-order valence-corrected chi connectivity index (χ3v) is 2.88. The van der Waals surface area contributed by atoms with E-state index >= 15 is 0 Å². The molecule has 18 heavy (non-hydrogen) atoms. The minimum atomic E-state index is -0.424. The molecular formula is C12H15ClN2O3. The van der Waals surface area contributed by atoms with Gasteiger partial charge >= 0.3 is 0 Å². The van der Waals surface area contributed by atoms with Crippen molar-refractivity contribution in [2.75, 3.05) is 20.6 Å². The number of nitrogens with zero attached hydrogens (tertiary/aromatic N) is 2. The van der Waals surface area contributed by atoms with E-state index < -0.39 is 10.8 Å². The van der Waals surface area contributed by atoms with Crippen molar-refractivity contribution in [1.29, 1.82) is 0 Å². The SMILES string of the molecule is CN(C)C(=O)CC(C[N+](=O)[O-])c1ccc(Cl)cc1. The lowest BCUT2D eigenvalue weighted by Gasteiger charge is -2.16. The minimum absolute atomic E-state index is 0.121. The molecule has 0 bridgehead atoms. The number of carbonyl (C=O) groups excluding carboxylic acids is 1. The van der Waals surface area contributed by atoms with Crippen molar-refractivity contribution in [3.8, 4) is 0 Å². The molecule has 1 atom stereocenters. The number of hydrogen-bond acceptors (Lipinski definition) is 3. The van der Waals surface area contributed by atoms with Crippen LogP contribution in [0, 0.1) is 10.1 Å². The zero-order valence-corrected chi connectivity index (χ0v) is 11.1. The van der Waals surface area contributed by atoms with Gasteiger partial charge in [-0.1, -0.05) is 23.7 Å². The predicted octanol–water partition coefficient (Wildman–Crippen LogP) is 2.18. The van der Waals surface area contributed by atoms with Gasteiger partial charge in [-0.2, -0.15) is 0 Å². The average Bonchev–Trinajstić information content (AvgIpc) is 2.28. The van der Waals surface area contributed by atoms with Crippen molar-refractivity contribution in [1.82, 2.24) is 4.90 Å². The highest BCUT2D eigenvalue weighted by Crippen LogP contribution is 2.22. The van der Waals surface area contributed by atoms with Gasteiger partial charge in [-0.15, -0.1) is 0 Å². The van der Waals surface area contributed by atoms with E-state index in [9.17, 15) is 14.9 Å². The largest absolute Gasteiger partial charge is 0.349 e. The van der Waals surface area contributed by atoms with Crippen LogP contribution in [0.3, 0.4) is 0 Å². The van der Waals surface area contributed by atoms with Gasteiger partial charge in [0.1, 0.15) is 0 Å². The highest BCUT2D eigenvalue weighted by Gasteiger charge is 2.22. The summed E-state index contributed by atoms with van der Waals surface area (Å²) in [5.74, 6) is -0.552. The van der Waals surface area contributed by atoms with Gasteiger partial charge in [-0.25, -0.2) is 0 Å². The molecule has 0 aliphatic rings. The first-order valence-electron chi connectivity index (χ1n) is 5.47. The summed E-state index contributed by atoms with van der Waals surface area (Å²) in [5, 5.41) is 11.2. The first-order valence-corrected chi connectivity index (χ1v) is 5.85. The third-order valence-electron chi connectivity index (χ3n) is 2.63.